The smallest absolute Gasteiger partial charge is 0.242 e. The van der Waals surface area contributed by atoms with Crippen LogP contribution in [0.2, 0.25) is 0 Å². The second kappa shape index (κ2) is 5.66. The van der Waals surface area contributed by atoms with Crippen LogP contribution in [0, 0.1) is 6.92 Å². The molecule has 0 radical (unpaired) electrons. The minimum Gasteiger partial charge on any atom is -0.380 e. The number of hydrogen-bond acceptors (Lipinski definition) is 5. The zero-order valence-electron chi connectivity index (χ0n) is 10.3. The van der Waals surface area contributed by atoms with E-state index in [1.807, 2.05) is 5.38 Å². The SMILES string of the molecule is Cc1csc(CN)c1S(=O)(=O)NC1CCCOC1. The second-order valence-electron chi connectivity index (χ2n) is 4.41. The molecule has 2 heterocycles. The highest BCUT2D eigenvalue weighted by atomic mass is 32.2. The topological polar surface area (TPSA) is 81.4 Å². The summed E-state index contributed by atoms with van der Waals surface area (Å²) in [6.45, 7) is 3.20. The molecule has 1 fully saturated rings. The summed E-state index contributed by atoms with van der Waals surface area (Å²) in [5, 5.41) is 1.83. The van der Waals surface area contributed by atoms with E-state index in [4.69, 9.17) is 10.5 Å². The summed E-state index contributed by atoms with van der Waals surface area (Å²) in [4.78, 5) is 1.05. The molecule has 1 atom stereocenters. The summed E-state index contributed by atoms with van der Waals surface area (Å²) in [7, 11) is -3.49. The van der Waals surface area contributed by atoms with E-state index in [-0.39, 0.29) is 12.6 Å². The van der Waals surface area contributed by atoms with Crippen LogP contribution in [0.3, 0.4) is 0 Å². The van der Waals surface area contributed by atoms with E-state index >= 15 is 0 Å². The average Bonchev–Trinajstić information content (AvgIpc) is 2.72. The Bertz CT molecular complexity index is 504. The van der Waals surface area contributed by atoms with Gasteiger partial charge < -0.3 is 10.5 Å². The van der Waals surface area contributed by atoms with Gasteiger partial charge in [-0.3, -0.25) is 0 Å². The predicted molar refractivity (Wildman–Crippen MR) is 71.1 cm³/mol. The Morgan fingerprint density at radius 3 is 3.00 bits per heavy atom. The first-order chi connectivity index (χ1) is 8.54. The standard InChI is InChI=1S/C11H18N2O3S2/c1-8-7-17-10(5-12)11(8)18(14,15)13-9-3-2-4-16-6-9/h7,9,13H,2-6,12H2,1H3. The number of hydrogen-bond donors (Lipinski definition) is 2. The molecule has 0 saturated carbocycles. The van der Waals surface area contributed by atoms with Gasteiger partial charge in [-0.15, -0.1) is 11.3 Å². The Balaban J connectivity index is 2.21. The van der Waals surface area contributed by atoms with Crippen molar-refractivity contribution in [3.05, 3.63) is 15.8 Å². The largest absolute Gasteiger partial charge is 0.380 e. The van der Waals surface area contributed by atoms with Crippen molar-refractivity contribution >= 4 is 21.4 Å². The van der Waals surface area contributed by atoms with Gasteiger partial charge in [0.05, 0.1) is 6.61 Å². The van der Waals surface area contributed by atoms with Crippen LogP contribution in [-0.2, 0) is 21.3 Å². The molecule has 1 aliphatic heterocycles. The third-order valence-corrected chi connectivity index (χ3v) is 5.93. The van der Waals surface area contributed by atoms with Crippen LogP contribution in [0.5, 0.6) is 0 Å². The van der Waals surface area contributed by atoms with Gasteiger partial charge in [-0.1, -0.05) is 0 Å². The minimum atomic E-state index is -3.49. The molecule has 1 saturated heterocycles. The number of aryl methyl sites for hydroxylation is 1. The van der Waals surface area contributed by atoms with Gasteiger partial charge >= 0.3 is 0 Å². The van der Waals surface area contributed by atoms with Crippen molar-refractivity contribution in [2.24, 2.45) is 5.73 Å². The fourth-order valence-electron chi connectivity index (χ4n) is 2.10. The van der Waals surface area contributed by atoms with E-state index in [2.05, 4.69) is 4.72 Å². The summed E-state index contributed by atoms with van der Waals surface area (Å²) in [5.41, 5.74) is 6.34. The lowest BCUT2D eigenvalue weighted by Gasteiger charge is -2.23. The fourth-order valence-corrected chi connectivity index (χ4v) is 5.06. The van der Waals surface area contributed by atoms with Gasteiger partial charge in [0.25, 0.3) is 0 Å². The molecule has 102 valence electrons. The zero-order valence-corrected chi connectivity index (χ0v) is 11.9. The first kappa shape index (κ1) is 14.0. The van der Waals surface area contributed by atoms with Crippen molar-refractivity contribution in [1.29, 1.82) is 0 Å². The first-order valence-electron chi connectivity index (χ1n) is 5.91. The molecular formula is C11H18N2O3S2. The molecular weight excluding hydrogens is 272 g/mol. The van der Waals surface area contributed by atoms with Crippen molar-refractivity contribution in [2.45, 2.75) is 37.2 Å². The Hall–Kier alpha value is -0.470. The summed E-state index contributed by atoms with van der Waals surface area (Å²) < 4.78 is 32.7. The van der Waals surface area contributed by atoms with Crippen molar-refractivity contribution in [3.8, 4) is 0 Å². The van der Waals surface area contributed by atoms with Crippen LogP contribution in [0.1, 0.15) is 23.3 Å². The number of nitrogens with one attached hydrogen (secondary N) is 1. The van der Waals surface area contributed by atoms with Crippen LogP contribution in [-0.4, -0.2) is 27.7 Å². The minimum absolute atomic E-state index is 0.131. The highest BCUT2D eigenvalue weighted by Gasteiger charge is 2.26. The summed E-state index contributed by atoms with van der Waals surface area (Å²) in [5.74, 6) is 0. The van der Waals surface area contributed by atoms with Crippen LogP contribution in [0.15, 0.2) is 10.3 Å². The molecule has 2 rings (SSSR count). The third kappa shape index (κ3) is 2.92. The van der Waals surface area contributed by atoms with E-state index in [0.717, 1.165) is 18.4 Å². The van der Waals surface area contributed by atoms with Crippen molar-refractivity contribution in [2.75, 3.05) is 13.2 Å². The number of thiophene rings is 1. The van der Waals surface area contributed by atoms with Gasteiger partial charge in [0.2, 0.25) is 10.0 Å². The lowest BCUT2D eigenvalue weighted by atomic mass is 10.1. The highest BCUT2D eigenvalue weighted by molar-refractivity contribution is 7.89. The molecule has 18 heavy (non-hydrogen) atoms. The van der Waals surface area contributed by atoms with Gasteiger partial charge in [-0.2, -0.15) is 0 Å². The van der Waals surface area contributed by atoms with Gasteiger partial charge in [0, 0.05) is 24.1 Å². The van der Waals surface area contributed by atoms with Gasteiger partial charge in [0.1, 0.15) is 4.90 Å². The highest BCUT2D eigenvalue weighted by Crippen LogP contribution is 2.26. The summed E-state index contributed by atoms with van der Waals surface area (Å²) in [6.07, 6.45) is 1.71. The molecule has 7 heteroatoms. The van der Waals surface area contributed by atoms with Crippen LogP contribution >= 0.6 is 11.3 Å². The van der Waals surface area contributed by atoms with Crippen LogP contribution < -0.4 is 10.5 Å². The van der Waals surface area contributed by atoms with Crippen LogP contribution in [0.25, 0.3) is 0 Å². The van der Waals surface area contributed by atoms with E-state index < -0.39 is 10.0 Å². The average molecular weight is 290 g/mol. The predicted octanol–water partition coefficient (Wildman–Crippen LogP) is 0.973. The van der Waals surface area contributed by atoms with Gasteiger partial charge in [-0.05, 0) is 30.7 Å². The van der Waals surface area contributed by atoms with Crippen LogP contribution in [0.4, 0.5) is 0 Å². The quantitative estimate of drug-likeness (QED) is 0.866. The number of sulfonamides is 1. The lowest BCUT2D eigenvalue weighted by Crippen LogP contribution is -2.40. The Morgan fingerprint density at radius 2 is 2.39 bits per heavy atom. The molecule has 0 bridgehead atoms. The molecule has 1 aromatic heterocycles. The molecule has 0 amide bonds. The van der Waals surface area contributed by atoms with Gasteiger partial charge in [-0.25, -0.2) is 13.1 Å². The molecule has 1 aromatic rings. The maximum Gasteiger partial charge on any atom is 0.242 e. The van der Waals surface area contributed by atoms with E-state index in [0.29, 0.717) is 23.0 Å². The second-order valence-corrected chi connectivity index (χ2v) is 7.03. The van der Waals surface area contributed by atoms with E-state index in [1.165, 1.54) is 11.3 Å². The fraction of sp³-hybridized carbons (Fsp3) is 0.636. The zero-order chi connectivity index (χ0) is 13.2. The van der Waals surface area contributed by atoms with Gasteiger partial charge in [0.15, 0.2) is 0 Å². The molecule has 3 N–H and O–H groups in total. The van der Waals surface area contributed by atoms with Crippen molar-refractivity contribution in [3.63, 3.8) is 0 Å². The molecule has 1 aliphatic rings. The molecule has 0 spiro atoms. The Kier molecular flexibility index (Phi) is 4.39. The van der Waals surface area contributed by atoms with E-state index in [1.54, 1.807) is 6.92 Å². The molecule has 0 aliphatic carbocycles. The monoisotopic (exact) mass is 290 g/mol. The molecule has 1 unspecified atom stereocenters. The number of ether oxygens (including phenoxy) is 1. The molecule has 5 nitrogen and oxygen atoms in total. The van der Waals surface area contributed by atoms with Crippen molar-refractivity contribution < 1.29 is 13.2 Å². The first-order valence-corrected chi connectivity index (χ1v) is 8.28. The maximum absolute atomic E-state index is 12.3. The lowest BCUT2D eigenvalue weighted by molar-refractivity contribution is 0.0774. The van der Waals surface area contributed by atoms with E-state index in [9.17, 15) is 8.42 Å². The number of nitrogens with two attached hydrogens (primary N) is 1. The Labute approximate surface area is 111 Å². The number of rotatable bonds is 4. The summed E-state index contributed by atoms with van der Waals surface area (Å²) in [6, 6.07) is -0.131. The third-order valence-electron chi connectivity index (χ3n) is 2.93. The normalized spacial score (nSPS) is 21.1. The van der Waals surface area contributed by atoms with Crippen molar-refractivity contribution in [1.82, 2.24) is 4.72 Å². The summed E-state index contributed by atoms with van der Waals surface area (Å²) >= 11 is 1.39. The Morgan fingerprint density at radius 1 is 1.61 bits per heavy atom. The maximum atomic E-state index is 12.3. The molecule has 0 aromatic carbocycles.